The van der Waals surface area contributed by atoms with Crippen LogP contribution < -0.4 is 0 Å². The van der Waals surface area contributed by atoms with Crippen LogP contribution in [0.1, 0.15) is 213 Å². The Morgan fingerprint density at radius 2 is 0.727 bits per heavy atom. The molecule has 0 fully saturated rings. The van der Waals surface area contributed by atoms with Gasteiger partial charge in [0, 0.05) is 12.8 Å². The zero-order valence-corrected chi connectivity index (χ0v) is 29.9. The minimum atomic E-state index is -0.955. The van der Waals surface area contributed by atoms with Crippen molar-refractivity contribution in [3.05, 3.63) is 0 Å². The second-order valence-electron chi connectivity index (χ2n) is 13.9. The molecule has 0 saturated heterocycles. The number of aliphatic hydroxyl groups is 1. The Morgan fingerprint density at radius 3 is 1.02 bits per heavy atom. The van der Waals surface area contributed by atoms with Gasteiger partial charge in [-0.1, -0.05) is 188 Å². The number of hydrogen-bond donors (Lipinski definition) is 1. The van der Waals surface area contributed by atoms with Crippen LogP contribution in [0, 0.1) is 5.92 Å². The van der Waals surface area contributed by atoms with Crippen molar-refractivity contribution in [1.29, 1.82) is 0 Å². The lowest BCUT2D eigenvalue weighted by molar-refractivity contribution is -0.152. The van der Waals surface area contributed by atoms with Gasteiger partial charge in [-0.15, -0.1) is 0 Å². The van der Waals surface area contributed by atoms with Crippen LogP contribution in [0.2, 0.25) is 0 Å². The third-order valence-corrected chi connectivity index (χ3v) is 8.77. The Balaban J connectivity index is 3.38. The molecule has 0 aromatic rings. The van der Waals surface area contributed by atoms with Gasteiger partial charge in [-0.3, -0.25) is 9.59 Å². The number of carbonyl (C=O) groups is 2. The highest BCUT2D eigenvalue weighted by Gasteiger charge is 2.12. The summed E-state index contributed by atoms with van der Waals surface area (Å²) < 4.78 is 10.3. The standard InChI is InChI=1S/C39H76O5/c1-4-5-6-7-8-9-10-11-12-13-14-15-16-20-23-26-29-32-38(41)43-34-37(40)35-44-39(42)33-30-27-24-21-18-17-19-22-25-28-31-36(2)3/h36-37,40H,4-35H2,1-3H3/t37-/m0/s1. The predicted octanol–water partition coefficient (Wildman–Crippen LogP) is 11.8. The summed E-state index contributed by atoms with van der Waals surface area (Å²) >= 11 is 0. The van der Waals surface area contributed by atoms with E-state index in [0.717, 1.165) is 31.6 Å². The van der Waals surface area contributed by atoms with Crippen LogP contribution in [-0.2, 0) is 19.1 Å². The maximum Gasteiger partial charge on any atom is 0.305 e. The fourth-order valence-corrected chi connectivity index (χ4v) is 5.80. The van der Waals surface area contributed by atoms with Crippen molar-refractivity contribution < 1.29 is 24.2 Å². The van der Waals surface area contributed by atoms with Gasteiger partial charge >= 0.3 is 11.9 Å². The van der Waals surface area contributed by atoms with E-state index in [1.54, 1.807) is 0 Å². The van der Waals surface area contributed by atoms with Crippen molar-refractivity contribution in [1.82, 2.24) is 0 Å². The van der Waals surface area contributed by atoms with Crippen molar-refractivity contribution >= 4 is 11.9 Å². The second kappa shape index (κ2) is 34.8. The molecule has 0 spiro atoms. The molecule has 0 heterocycles. The third kappa shape index (κ3) is 35.4. The normalized spacial score (nSPS) is 12.1. The summed E-state index contributed by atoms with van der Waals surface area (Å²) in [5.41, 5.74) is 0. The van der Waals surface area contributed by atoms with E-state index in [1.807, 2.05) is 0 Å². The highest BCUT2D eigenvalue weighted by atomic mass is 16.6. The van der Waals surface area contributed by atoms with Gasteiger partial charge in [0.2, 0.25) is 0 Å². The highest BCUT2D eigenvalue weighted by molar-refractivity contribution is 5.69. The van der Waals surface area contributed by atoms with Crippen LogP contribution in [0.25, 0.3) is 0 Å². The van der Waals surface area contributed by atoms with Gasteiger partial charge < -0.3 is 14.6 Å². The maximum atomic E-state index is 12.0. The molecule has 0 unspecified atom stereocenters. The molecule has 1 atom stereocenters. The summed E-state index contributed by atoms with van der Waals surface area (Å²) in [5, 5.41) is 10.00. The van der Waals surface area contributed by atoms with E-state index in [9.17, 15) is 14.7 Å². The summed E-state index contributed by atoms with van der Waals surface area (Å²) in [6.45, 7) is 6.65. The number of hydrogen-bond acceptors (Lipinski definition) is 5. The van der Waals surface area contributed by atoms with E-state index in [1.165, 1.54) is 154 Å². The van der Waals surface area contributed by atoms with Gasteiger partial charge in [0.1, 0.15) is 19.3 Å². The van der Waals surface area contributed by atoms with Gasteiger partial charge in [-0.2, -0.15) is 0 Å². The monoisotopic (exact) mass is 625 g/mol. The Morgan fingerprint density at radius 1 is 0.455 bits per heavy atom. The number of carbonyl (C=O) groups excluding carboxylic acids is 2. The van der Waals surface area contributed by atoms with Gasteiger partial charge in [0.15, 0.2) is 0 Å². The molecule has 0 aromatic carbocycles. The van der Waals surface area contributed by atoms with Gasteiger partial charge in [0.25, 0.3) is 0 Å². The van der Waals surface area contributed by atoms with Gasteiger partial charge in [-0.25, -0.2) is 0 Å². The quantitative estimate of drug-likeness (QED) is 0.0561. The molecule has 0 radical (unpaired) electrons. The highest BCUT2D eigenvalue weighted by Crippen LogP contribution is 2.16. The summed E-state index contributed by atoms with van der Waals surface area (Å²) in [6.07, 6.45) is 35.9. The average Bonchev–Trinajstić information content (AvgIpc) is 3.00. The molecule has 262 valence electrons. The summed E-state index contributed by atoms with van der Waals surface area (Å²) in [7, 11) is 0. The Hall–Kier alpha value is -1.10. The smallest absolute Gasteiger partial charge is 0.305 e. The first-order valence-corrected chi connectivity index (χ1v) is 19.4. The van der Waals surface area contributed by atoms with E-state index in [-0.39, 0.29) is 25.2 Å². The van der Waals surface area contributed by atoms with E-state index >= 15 is 0 Å². The van der Waals surface area contributed by atoms with Crippen molar-refractivity contribution in [3.63, 3.8) is 0 Å². The lowest BCUT2D eigenvalue weighted by Gasteiger charge is -2.12. The molecular formula is C39H76O5. The minimum absolute atomic E-state index is 0.108. The molecule has 0 aromatic heterocycles. The molecule has 5 nitrogen and oxygen atoms in total. The molecular weight excluding hydrogens is 548 g/mol. The van der Waals surface area contributed by atoms with Crippen molar-refractivity contribution in [2.24, 2.45) is 5.92 Å². The first kappa shape index (κ1) is 42.9. The average molecular weight is 625 g/mol. The maximum absolute atomic E-state index is 12.0. The number of esters is 2. The lowest BCUT2D eigenvalue weighted by atomic mass is 10.0. The molecule has 5 heteroatoms. The third-order valence-electron chi connectivity index (χ3n) is 8.77. The fourth-order valence-electron chi connectivity index (χ4n) is 5.80. The number of rotatable bonds is 35. The van der Waals surface area contributed by atoms with Crippen molar-refractivity contribution in [2.75, 3.05) is 13.2 Å². The second-order valence-corrected chi connectivity index (χ2v) is 13.9. The van der Waals surface area contributed by atoms with Crippen LogP contribution in [0.3, 0.4) is 0 Å². The summed E-state index contributed by atoms with van der Waals surface area (Å²) in [4.78, 5) is 23.9. The molecule has 0 saturated carbocycles. The molecule has 0 aliphatic carbocycles. The van der Waals surface area contributed by atoms with E-state index < -0.39 is 6.10 Å². The van der Waals surface area contributed by atoms with E-state index in [4.69, 9.17) is 9.47 Å². The predicted molar refractivity (Wildman–Crippen MR) is 187 cm³/mol. The Kier molecular flexibility index (Phi) is 33.9. The number of aliphatic hydroxyl groups excluding tert-OH is 1. The number of ether oxygens (including phenoxy) is 2. The summed E-state index contributed by atoms with van der Waals surface area (Å²) in [5.74, 6) is 0.276. The lowest BCUT2D eigenvalue weighted by Crippen LogP contribution is -2.25. The van der Waals surface area contributed by atoms with Crippen LogP contribution >= 0.6 is 0 Å². The molecule has 0 bridgehead atoms. The van der Waals surface area contributed by atoms with Crippen LogP contribution in [0.5, 0.6) is 0 Å². The first-order chi connectivity index (χ1) is 21.5. The topological polar surface area (TPSA) is 72.8 Å². The molecule has 0 aliphatic heterocycles. The number of unbranched alkanes of at least 4 members (excludes halogenated alkanes) is 25. The molecule has 1 N–H and O–H groups in total. The zero-order valence-electron chi connectivity index (χ0n) is 29.9. The molecule has 0 amide bonds. The summed E-state index contributed by atoms with van der Waals surface area (Å²) in [6, 6.07) is 0. The van der Waals surface area contributed by atoms with Crippen molar-refractivity contribution in [2.45, 2.75) is 219 Å². The van der Waals surface area contributed by atoms with Crippen LogP contribution in [0.15, 0.2) is 0 Å². The van der Waals surface area contributed by atoms with Crippen LogP contribution in [-0.4, -0.2) is 36.4 Å². The molecule has 0 rings (SSSR count). The van der Waals surface area contributed by atoms with Crippen molar-refractivity contribution in [3.8, 4) is 0 Å². The SMILES string of the molecule is CCCCCCCCCCCCCCCCCCCC(=O)OC[C@H](O)COC(=O)CCCCCCCCCCCCC(C)C. The zero-order chi connectivity index (χ0) is 32.4. The fraction of sp³-hybridized carbons (Fsp3) is 0.949. The Bertz CT molecular complexity index is 605. The van der Waals surface area contributed by atoms with E-state index in [0.29, 0.717) is 12.8 Å². The molecule has 0 aliphatic rings. The van der Waals surface area contributed by atoms with Crippen LogP contribution in [0.4, 0.5) is 0 Å². The van der Waals surface area contributed by atoms with Gasteiger partial charge in [0.05, 0.1) is 0 Å². The van der Waals surface area contributed by atoms with Gasteiger partial charge in [-0.05, 0) is 18.8 Å². The minimum Gasteiger partial charge on any atom is -0.463 e. The largest absolute Gasteiger partial charge is 0.463 e. The Labute approximate surface area is 274 Å². The first-order valence-electron chi connectivity index (χ1n) is 19.4. The molecule has 44 heavy (non-hydrogen) atoms. The van der Waals surface area contributed by atoms with E-state index in [2.05, 4.69) is 20.8 Å².